The highest BCUT2D eigenvalue weighted by Crippen LogP contribution is 2.21. The summed E-state index contributed by atoms with van der Waals surface area (Å²) in [6.07, 6.45) is 4.40. The van der Waals surface area contributed by atoms with E-state index in [-0.39, 0.29) is 0 Å². The van der Waals surface area contributed by atoms with E-state index in [2.05, 4.69) is 28.3 Å². The second-order valence-electron chi connectivity index (χ2n) is 4.06. The summed E-state index contributed by atoms with van der Waals surface area (Å²) in [5.74, 6) is 1.24. The molecule has 2 rings (SSSR count). The first kappa shape index (κ1) is 12.8. The van der Waals surface area contributed by atoms with E-state index >= 15 is 0 Å². The Balaban J connectivity index is 2.26. The zero-order chi connectivity index (χ0) is 13.7. The molecular formula is C14H15N5. The van der Waals surface area contributed by atoms with E-state index in [9.17, 15) is 0 Å². The molecule has 1 aromatic carbocycles. The molecule has 2 aromatic rings. The van der Waals surface area contributed by atoms with Crippen molar-refractivity contribution in [3.05, 3.63) is 42.2 Å². The minimum Gasteiger partial charge on any atom is -0.340 e. The van der Waals surface area contributed by atoms with Crippen molar-refractivity contribution >= 4 is 17.3 Å². The fourth-order valence-electron chi connectivity index (χ4n) is 1.74. The fraction of sp³-hybridized carbons (Fsp3) is 0.214. The molecule has 96 valence electrons. The molecule has 1 heterocycles. The van der Waals surface area contributed by atoms with Crippen molar-refractivity contribution in [3.8, 4) is 6.19 Å². The van der Waals surface area contributed by atoms with Crippen LogP contribution in [-0.4, -0.2) is 17.0 Å². The minimum atomic E-state index is 0.564. The molecule has 0 aliphatic heterocycles. The third kappa shape index (κ3) is 2.99. The molecule has 19 heavy (non-hydrogen) atoms. The molecule has 0 bridgehead atoms. The van der Waals surface area contributed by atoms with Gasteiger partial charge in [0.1, 0.15) is 18.0 Å². The van der Waals surface area contributed by atoms with Gasteiger partial charge in [0.05, 0.1) is 0 Å². The van der Waals surface area contributed by atoms with Gasteiger partial charge in [-0.25, -0.2) is 9.97 Å². The number of para-hydroxylation sites is 1. The fourth-order valence-corrected chi connectivity index (χ4v) is 1.74. The van der Waals surface area contributed by atoms with Gasteiger partial charge >= 0.3 is 0 Å². The molecule has 1 aromatic heterocycles. The van der Waals surface area contributed by atoms with E-state index in [0.717, 1.165) is 12.1 Å². The van der Waals surface area contributed by atoms with Gasteiger partial charge in [-0.2, -0.15) is 5.26 Å². The number of nitrogens with zero attached hydrogens (tertiary/aromatic N) is 4. The highest BCUT2D eigenvalue weighted by Gasteiger charge is 2.05. The van der Waals surface area contributed by atoms with Crippen molar-refractivity contribution < 1.29 is 0 Å². The van der Waals surface area contributed by atoms with Crippen LogP contribution in [0.25, 0.3) is 0 Å². The summed E-state index contributed by atoms with van der Waals surface area (Å²) < 4.78 is 0. The Kier molecular flexibility index (Phi) is 3.94. The summed E-state index contributed by atoms with van der Waals surface area (Å²) in [4.78, 5) is 9.60. The average molecular weight is 253 g/mol. The highest BCUT2D eigenvalue weighted by atomic mass is 15.2. The van der Waals surface area contributed by atoms with Crippen molar-refractivity contribution in [1.29, 1.82) is 5.26 Å². The van der Waals surface area contributed by atoms with E-state index in [4.69, 9.17) is 5.26 Å². The summed E-state index contributed by atoms with van der Waals surface area (Å²) in [6, 6.07) is 9.82. The van der Waals surface area contributed by atoms with Crippen molar-refractivity contribution in [3.63, 3.8) is 0 Å². The number of anilines is 3. The molecule has 0 fully saturated rings. The molecule has 0 saturated carbocycles. The molecular weight excluding hydrogens is 238 g/mol. The average Bonchev–Trinajstić information content (AvgIpc) is 2.47. The van der Waals surface area contributed by atoms with Crippen LogP contribution in [-0.2, 0) is 6.42 Å². The maximum atomic E-state index is 8.85. The zero-order valence-corrected chi connectivity index (χ0v) is 11.0. The van der Waals surface area contributed by atoms with Crippen LogP contribution in [0.15, 0.2) is 36.7 Å². The number of rotatable bonds is 4. The zero-order valence-electron chi connectivity index (χ0n) is 11.0. The Bertz CT molecular complexity index is 603. The van der Waals surface area contributed by atoms with Crippen molar-refractivity contribution in [1.82, 2.24) is 9.97 Å². The van der Waals surface area contributed by atoms with Gasteiger partial charge in [-0.05, 0) is 18.1 Å². The molecule has 0 radical (unpaired) electrons. The monoisotopic (exact) mass is 253 g/mol. The maximum absolute atomic E-state index is 8.85. The maximum Gasteiger partial charge on any atom is 0.185 e. The van der Waals surface area contributed by atoms with E-state index in [0.29, 0.717) is 11.6 Å². The predicted octanol–water partition coefficient (Wildman–Crippen LogP) is 2.70. The third-order valence-corrected chi connectivity index (χ3v) is 2.81. The lowest BCUT2D eigenvalue weighted by Gasteiger charge is -2.12. The molecule has 1 N–H and O–H groups in total. The van der Waals surface area contributed by atoms with Gasteiger partial charge in [-0.15, -0.1) is 0 Å². The normalized spacial score (nSPS) is 9.74. The number of nitrogens with one attached hydrogen (secondary N) is 1. The number of benzene rings is 1. The first-order valence-electron chi connectivity index (χ1n) is 6.05. The lowest BCUT2D eigenvalue weighted by molar-refractivity contribution is 1.08. The Hall–Kier alpha value is -2.61. The molecule has 0 aliphatic carbocycles. The van der Waals surface area contributed by atoms with E-state index in [1.54, 1.807) is 13.1 Å². The van der Waals surface area contributed by atoms with Crippen LogP contribution >= 0.6 is 0 Å². The first-order chi connectivity index (χ1) is 9.24. The summed E-state index contributed by atoms with van der Waals surface area (Å²) in [5, 5.41) is 12.1. The molecule has 5 heteroatoms. The van der Waals surface area contributed by atoms with Gasteiger partial charge in [0, 0.05) is 18.8 Å². The molecule has 5 nitrogen and oxygen atoms in total. The van der Waals surface area contributed by atoms with Crippen LogP contribution in [0.3, 0.4) is 0 Å². The largest absolute Gasteiger partial charge is 0.340 e. The molecule has 0 aliphatic rings. The number of nitriles is 1. The molecule has 0 saturated heterocycles. The predicted molar refractivity (Wildman–Crippen MR) is 75.2 cm³/mol. The van der Waals surface area contributed by atoms with Crippen LogP contribution in [0.2, 0.25) is 0 Å². The number of hydrogen-bond donors (Lipinski definition) is 1. The van der Waals surface area contributed by atoms with Crippen molar-refractivity contribution in [2.75, 3.05) is 17.3 Å². The van der Waals surface area contributed by atoms with E-state index in [1.807, 2.05) is 24.4 Å². The molecule has 0 spiro atoms. The summed E-state index contributed by atoms with van der Waals surface area (Å²) in [6.45, 7) is 2.11. The molecule has 0 atom stereocenters. The highest BCUT2D eigenvalue weighted by molar-refractivity contribution is 5.63. The number of hydrogen-bond acceptors (Lipinski definition) is 5. The summed E-state index contributed by atoms with van der Waals surface area (Å²) >= 11 is 0. The van der Waals surface area contributed by atoms with Gasteiger partial charge in [-0.1, -0.05) is 25.1 Å². The lowest BCUT2D eigenvalue weighted by Crippen LogP contribution is -2.10. The summed E-state index contributed by atoms with van der Waals surface area (Å²) in [7, 11) is 1.66. The van der Waals surface area contributed by atoms with Gasteiger partial charge in [0.25, 0.3) is 0 Å². The standard InChI is InChI=1S/C14H15N5/c1-3-11-6-4-5-7-12(11)18-13-8-14(17-10-16-13)19(2)9-15/h4-8,10H,3H2,1-2H3,(H,16,17,18). The third-order valence-electron chi connectivity index (χ3n) is 2.81. The Morgan fingerprint density at radius 1 is 1.32 bits per heavy atom. The van der Waals surface area contributed by atoms with Gasteiger partial charge in [-0.3, -0.25) is 4.90 Å². The summed E-state index contributed by atoms with van der Waals surface area (Å²) in [5.41, 5.74) is 2.24. The second kappa shape index (κ2) is 5.83. The number of aromatic nitrogens is 2. The van der Waals surface area contributed by atoms with Crippen molar-refractivity contribution in [2.24, 2.45) is 0 Å². The smallest absolute Gasteiger partial charge is 0.185 e. The van der Waals surface area contributed by atoms with Crippen LogP contribution in [0, 0.1) is 11.5 Å². The Labute approximate surface area is 112 Å². The van der Waals surface area contributed by atoms with Crippen LogP contribution in [0.4, 0.5) is 17.3 Å². The van der Waals surface area contributed by atoms with Gasteiger partial charge in [0.15, 0.2) is 6.19 Å². The van der Waals surface area contributed by atoms with Crippen LogP contribution in [0.1, 0.15) is 12.5 Å². The van der Waals surface area contributed by atoms with Gasteiger partial charge < -0.3 is 5.32 Å². The SMILES string of the molecule is CCc1ccccc1Nc1cc(N(C)C#N)ncn1. The second-order valence-corrected chi connectivity index (χ2v) is 4.06. The first-order valence-corrected chi connectivity index (χ1v) is 6.05. The van der Waals surface area contributed by atoms with Crippen molar-refractivity contribution in [2.45, 2.75) is 13.3 Å². The Morgan fingerprint density at radius 2 is 2.11 bits per heavy atom. The van der Waals surface area contributed by atoms with Crippen LogP contribution in [0.5, 0.6) is 0 Å². The van der Waals surface area contributed by atoms with E-state index < -0.39 is 0 Å². The van der Waals surface area contributed by atoms with Gasteiger partial charge in [0.2, 0.25) is 0 Å². The minimum absolute atomic E-state index is 0.564. The van der Waals surface area contributed by atoms with Crippen LogP contribution < -0.4 is 10.2 Å². The Morgan fingerprint density at radius 3 is 2.84 bits per heavy atom. The number of aryl methyl sites for hydroxylation is 1. The molecule has 0 unspecified atom stereocenters. The topological polar surface area (TPSA) is 64.8 Å². The quantitative estimate of drug-likeness (QED) is 0.670. The van der Waals surface area contributed by atoms with E-state index in [1.165, 1.54) is 16.8 Å². The molecule has 0 amide bonds. The lowest BCUT2D eigenvalue weighted by atomic mass is 10.1.